The van der Waals surface area contributed by atoms with Gasteiger partial charge in [-0.2, -0.15) is 0 Å². The maximum absolute atomic E-state index is 5.46. The van der Waals surface area contributed by atoms with E-state index in [1.807, 2.05) is 0 Å². The highest BCUT2D eigenvalue weighted by atomic mass is 127. The van der Waals surface area contributed by atoms with Gasteiger partial charge in [0.2, 0.25) is 0 Å². The lowest BCUT2D eigenvalue weighted by Crippen LogP contribution is -2.38. The maximum Gasteiger partial charge on any atom is 0.191 e. The Morgan fingerprint density at radius 3 is 2.42 bits per heavy atom. The maximum atomic E-state index is 5.46. The van der Waals surface area contributed by atoms with E-state index < -0.39 is 0 Å². The summed E-state index contributed by atoms with van der Waals surface area (Å²) in [7, 11) is 1.69. The number of methoxy groups -OCH3 is 1. The van der Waals surface area contributed by atoms with Gasteiger partial charge in [0.15, 0.2) is 5.96 Å². The highest BCUT2D eigenvalue weighted by Gasteiger charge is 2.05. The monoisotopic (exact) mass is 457 g/mol. The van der Waals surface area contributed by atoms with Crippen LogP contribution in [0.5, 0.6) is 0 Å². The van der Waals surface area contributed by atoms with Gasteiger partial charge in [0.05, 0.1) is 13.2 Å². The molecular formula is C18H40IN3O2. The van der Waals surface area contributed by atoms with Crippen molar-refractivity contribution in [2.24, 2.45) is 10.9 Å². The lowest BCUT2D eigenvalue weighted by atomic mass is 10.00. The fourth-order valence-electron chi connectivity index (χ4n) is 2.26. The van der Waals surface area contributed by atoms with Crippen LogP contribution in [0.2, 0.25) is 0 Å². The number of nitrogens with one attached hydrogen (secondary N) is 2. The highest BCUT2D eigenvalue weighted by molar-refractivity contribution is 14.0. The Labute approximate surface area is 166 Å². The van der Waals surface area contributed by atoms with Crippen molar-refractivity contribution in [3.8, 4) is 0 Å². The molecule has 0 aliphatic rings. The number of unbranched alkanes of at least 4 members (excludes halogenated alkanes) is 2. The molecule has 0 aromatic heterocycles. The van der Waals surface area contributed by atoms with Crippen molar-refractivity contribution in [2.45, 2.75) is 59.3 Å². The molecule has 0 radical (unpaired) electrons. The first-order valence-corrected chi connectivity index (χ1v) is 9.37. The van der Waals surface area contributed by atoms with Gasteiger partial charge >= 0.3 is 0 Å². The van der Waals surface area contributed by atoms with Crippen LogP contribution in [0.3, 0.4) is 0 Å². The van der Waals surface area contributed by atoms with Gasteiger partial charge in [-0.25, -0.2) is 0 Å². The smallest absolute Gasteiger partial charge is 0.191 e. The number of hydrogen-bond acceptors (Lipinski definition) is 3. The van der Waals surface area contributed by atoms with Gasteiger partial charge < -0.3 is 20.1 Å². The molecule has 0 aliphatic heterocycles. The van der Waals surface area contributed by atoms with Gasteiger partial charge in [-0.05, 0) is 32.1 Å². The summed E-state index contributed by atoms with van der Waals surface area (Å²) >= 11 is 0. The number of nitrogens with zero attached hydrogens (tertiary/aromatic N) is 1. The van der Waals surface area contributed by atoms with Crippen LogP contribution in [-0.2, 0) is 9.47 Å². The number of hydrogen-bond donors (Lipinski definition) is 2. The molecule has 2 N–H and O–H groups in total. The van der Waals surface area contributed by atoms with Crippen molar-refractivity contribution in [1.29, 1.82) is 0 Å². The van der Waals surface area contributed by atoms with Gasteiger partial charge in [-0.1, -0.05) is 33.1 Å². The van der Waals surface area contributed by atoms with Crippen molar-refractivity contribution < 1.29 is 9.47 Å². The molecule has 0 rings (SSSR count). The zero-order chi connectivity index (χ0) is 17.2. The number of halogens is 1. The van der Waals surface area contributed by atoms with Crippen molar-refractivity contribution in [1.82, 2.24) is 10.6 Å². The Morgan fingerprint density at radius 2 is 1.79 bits per heavy atom. The molecule has 5 nitrogen and oxygen atoms in total. The number of aliphatic imine (C=N–C) groups is 1. The molecule has 1 atom stereocenters. The Balaban J connectivity index is 0. The van der Waals surface area contributed by atoms with Crippen molar-refractivity contribution in [3.63, 3.8) is 0 Å². The fourth-order valence-corrected chi connectivity index (χ4v) is 2.26. The van der Waals surface area contributed by atoms with E-state index in [9.17, 15) is 0 Å². The molecule has 0 amide bonds. The third-order valence-corrected chi connectivity index (χ3v) is 3.83. The Bertz CT molecular complexity index is 279. The second-order valence-corrected chi connectivity index (χ2v) is 5.88. The number of guanidine groups is 1. The SMILES string of the molecule is CCCCC(CC)CN=C(NCC)NCCCCOCCOC.I. The molecule has 146 valence electrons. The van der Waals surface area contributed by atoms with E-state index in [-0.39, 0.29) is 24.0 Å². The minimum absolute atomic E-state index is 0. The predicted molar refractivity (Wildman–Crippen MR) is 115 cm³/mol. The summed E-state index contributed by atoms with van der Waals surface area (Å²) in [6, 6.07) is 0. The molecule has 0 heterocycles. The van der Waals surface area contributed by atoms with Gasteiger partial charge in [-0.3, -0.25) is 4.99 Å². The normalized spacial score (nSPS) is 12.6. The van der Waals surface area contributed by atoms with Crippen LogP contribution in [0.25, 0.3) is 0 Å². The van der Waals surface area contributed by atoms with Gasteiger partial charge in [-0.15, -0.1) is 24.0 Å². The van der Waals surface area contributed by atoms with Gasteiger partial charge in [0.25, 0.3) is 0 Å². The van der Waals surface area contributed by atoms with Crippen molar-refractivity contribution in [3.05, 3.63) is 0 Å². The van der Waals surface area contributed by atoms with Crippen LogP contribution in [0.1, 0.15) is 59.3 Å². The molecule has 0 saturated heterocycles. The van der Waals surface area contributed by atoms with E-state index >= 15 is 0 Å². The van der Waals surface area contributed by atoms with Crippen LogP contribution in [0.15, 0.2) is 4.99 Å². The molecule has 0 spiro atoms. The van der Waals surface area contributed by atoms with E-state index in [0.29, 0.717) is 19.1 Å². The summed E-state index contributed by atoms with van der Waals surface area (Å²) < 4.78 is 10.4. The van der Waals surface area contributed by atoms with E-state index in [1.54, 1.807) is 7.11 Å². The van der Waals surface area contributed by atoms with Crippen LogP contribution < -0.4 is 10.6 Å². The standard InChI is InChI=1S/C18H39N3O2.HI/c1-5-8-11-17(6-2)16-21-18(19-7-3)20-12-9-10-13-23-15-14-22-4;/h17H,5-16H2,1-4H3,(H2,19,20,21);1H. The highest BCUT2D eigenvalue weighted by Crippen LogP contribution is 2.12. The average molecular weight is 457 g/mol. The molecule has 0 bridgehead atoms. The fraction of sp³-hybridized carbons (Fsp3) is 0.944. The lowest BCUT2D eigenvalue weighted by molar-refractivity contribution is 0.0689. The summed E-state index contributed by atoms with van der Waals surface area (Å²) in [5.74, 6) is 1.65. The second-order valence-electron chi connectivity index (χ2n) is 5.88. The minimum atomic E-state index is 0. The van der Waals surface area contributed by atoms with E-state index in [0.717, 1.165) is 45.0 Å². The second kappa shape index (κ2) is 21.0. The number of ether oxygens (including phenoxy) is 2. The van der Waals surface area contributed by atoms with E-state index in [1.165, 1.54) is 25.7 Å². The topological polar surface area (TPSA) is 54.9 Å². The van der Waals surface area contributed by atoms with Crippen LogP contribution in [0.4, 0.5) is 0 Å². The van der Waals surface area contributed by atoms with Gasteiger partial charge in [0.1, 0.15) is 0 Å². The Hall–Kier alpha value is -0.0800. The van der Waals surface area contributed by atoms with E-state index in [4.69, 9.17) is 14.5 Å². The average Bonchev–Trinajstić information content (AvgIpc) is 2.57. The number of rotatable bonds is 15. The predicted octanol–water partition coefficient (Wildman–Crippen LogP) is 3.82. The summed E-state index contributed by atoms with van der Waals surface area (Å²) in [5.41, 5.74) is 0. The van der Waals surface area contributed by atoms with E-state index in [2.05, 4.69) is 31.4 Å². The molecule has 24 heavy (non-hydrogen) atoms. The zero-order valence-corrected chi connectivity index (χ0v) is 18.6. The van der Waals surface area contributed by atoms with Crippen LogP contribution in [0, 0.1) is 5.92 Å². The molecule has 0 aromatic rings. The van der Waals surface area contributed by atoms with Crippen LogP contribution >= 0.6 is 24.0 Å². The molecule has 0 fully saturated rings. The Morgan fingerprint density at radius 1 is 1.00 bits per heavy atom. The molecule has 0 saturated carbocycles. The molecule has 1 unspecified atom stereocenters. The molecule has 6 heteroatoms. The van der Waals surface area contributed by atoms with Crippen LogP contribution in [-0.4, -0.2) is 52.5 Å². The molecular weight excluding hydrogens is 417 g/mol. The quantitative estimate of drug-likeness (QED) is 0.170. The van der Waals surface area contributed by atoms with Crippen molar-refractivity contribution >= 4 is 29.9 Å². The third-order valence-electron chi connectivity index (χ3n) is 3.83. The van der Waals surface area contributed by atoms with Crippen molar-refractivity contribution in [2.75, 3.05) is 46.6 Å². The Kier molecular flexibility index (Phi) is 22.8. The largest absolute Gasteiger partial charge is 0.382 e. The lowest BCUT2D eigenvalue weighted by Gasteiger charge is -2.15. The minimum Gasteiger partial charge on any atom is -0.382 e. The first-order chi connectivity index (χ1) is 11.3. The summed E-state index contributed by atoms with van der Waals surface area (Å²) in [5, 5.41) is 6.75. The first-order valence-electron chi connectivity index (χ1n) is 9.37. The summed E-state index contributed by atoms with van der Waals surface area (Å²) in [6.07, 6.45) is 7.22. The summed E-state index contributed by atoms with van der Waals surface area (Å²) in [6.45, 7) is 11.5. The third kappa shape index (κ3) is 16.8. The summed E-state index contributed by atoms with van der Waals surface area (Å²) in [4.78, 5) is 4.74. The molecule has 0 aliphatic carbocycles. The molecule has 0 aromatic carbocycles. The first kappa shape index (κ1) is 26.2. The van der Waals surface area contributed by atoms with Gasteiger partial charge in [0, 0.05) is 33.4 Å². The zero-order valence-electron chi connectivity index (χ0n) is 16.2.